The van der Waals surface area contributed by atoms with E-state index in [0.29, 0.717) is 19.2 Å². The number of aliphatic carboxylic acids is 1. The van der Waals surface area contributed by atoms with Crippen molar-refractivity contribution in [2.75, 3.05) is 19.8 Å². The van der Waals surface area contributed by atoms with Gasteiger partial charge in [-0.3, -0.25) is 4.79 Å². The Kier molecular flexibility index (Phi) is 4.12. The Balaban J connectivity index is 1.95. The van der Waals surface area contributed by atoms with Crippen LogP contribution >= 0.6 is 0 Å². The molecule has 4 nitrogen and oxygen atoms in total. The average Bonchev–Trinajstić information content (AvgIpc) is 2.83. The summed E-state index contributed by atoms with van der Waals surface area (Å²) in [5, 5.41) is 12.5. The smallest absolute Gasteiger partial charge is 0.312 e. The van der Waals surface area contributed by atoms with Crippen molar-refractivity contribution in [1.29, 1.82) is 0 Å². The molecule has 17 heavy (non-hydrogen) atoms. The molecule has 1 aliphatic heterocycles. The van der Waals surface area contributed by atoms with Crippen molar-refractivity contribution < 1.29 is 14.6 Å². The van der Waals surface area contributed by atoms with Gasteiger partial charge in [0.25, 0.3) is 0 Å². The molecule has 2 rings (SSSR count). The second kappa shape index (κ2) is 5.80. The van der Waals surface area contributed by atoms with Gasteiger partial charge in [0.15, 0.2) is 0 Å². The summed E-state index contributed by atoms with van der Waals surface area (Å²) in [5.41, 5.74) is 0.839. The Morgan fingerprint density at radius 3 is 2.82 bits per heavy atom. The number of nitrogens with one attached hydrogen (secondary N) is 1. The summed E-state index contributed by atoms with van der Waals surface area (Å²) in [6, 6.07) is 9.62. The lowest BCUT2D eigenvalue weighted by Crippen LogP contribution is -2.35. The van der Waals surface area contributed by atoms with Crippen molar-refractivity contribution >= 4 is 5.97 Å². The molecule has 0 bridgehead atoms. The molecule has 1 heterocycles. The van der Waals surface area contributed by atoms with E-state index < -0.39 is 11.9 Å². The highest BCUT2D eigenvalue weighted by atomic mass is 16.5. The Morgan fingerprint density at radius 1 is 1.47 bits per heavy atom. The van der Waals surface area contributed by atoms with Gasteiger partial charge in [-0.2, -0.15) is 0 Å². The van der Waals surface area contributed by atoms with E-state index >= 15 is 0 Å². The van der Waals surface area contributed by atoms with Gasteiger partial charge in [0.2, 0.25) is 0 Å². The normalized spacial score (nSPS) is 21.3. The number of ether oxygens (including phenoxy) is 1. The van der Waals surface area contributed by atoms with Crippen LogP contribution in [-0.2, 0) is 9.53 Å². The van der Waals surface area contributed by atoms with E-state index in [-0.39, 0.29) is 0 Å². The van der Waals surface area contributed by atoms with Crippen LogP contribution < -0.4 is 5.32 Å². The van der Waals surface area contributed by atoms with E-state index in [1.807, 2.05) is 30.3 Å². The van der Waals surface area contributed by atoms with E-state index in [4.69, 9.17) is 4.74 Å². The highest BCUT2D eigenvalue weighted by Gasteiger charge is 2.22. The molecule has 0 aliphatic carbocycles. The van der Waals surface area contributed by atoms with Crippen LogP contribution in [0.15, 0.2) is 30.3 Å². The number of benzene rings is 1. The Labute approximate surface area is 101 Å². The zero-order valence-electron chi connectivity index (χ0n) is 9.63. The molecule has 2 N–H and O–H groups in total. The lowest BCUT2D eigenvalue weighted by atomic mass is 9.99. The SMILES string of the molecule is O=C(O)C(CNC1CCOC1)c1ccccc1. The first-order valence-corrected chi connectivity index (χ1v) is 5.86. The Morgan fingerprint density at radius 2 is 2.24 bits per heavy atom. The predicted molar refractivity (Wildman–Crippen MR) is 64.0 cm³/mol. The largest absolute Gasteiger partial charge is 0.481 e. The second-order valence-electron chi connectivity index (χ2n) is 4.27. The standard InChI is InChI=1S/C13H17NO3/c15-13(16)12(10-4-2-1-3-5-10)8-14-11-6-7-17-9-11/h1-5,11-12,14H,6-9H2,(H,15,16). The number of hydrogen-bond acceptors (Lipinski definition) is 3. The maximum atomic E-state index is 11.2. The summed E-state index contributed by atoms with van der Waals surface area (Å²) in [5.74, 6) is -1.28. The van der Waals surface area contributed by atoms with Crippen molar-refractivity contribution in [2.24, 2.45) is 0 Å². The fourth-order valence-corrected chi connectivity index (χ4v) is 2.01. The van der Waals surface area contributed by atoms with Gasteiger partial charge in [0.05, 0.1) is 12.5 Å². The van der Waals surface area contributed by atoms with E-state index in [1.165, 1.54) is 0 Å². The molecule has 1 saturated heterocycles. The lowest BCUT2D eigenvalue weighted by Gasteiger charge is -2.16. The van der Waals surface area contributed by atoms with Crippen LogP contribution in [0.3, 0.4) is 0 Å². The molecule has 1 aliphatic rings. The number of hydrogen-bond donors (Lipinski definition) is 2. The number of carboxylic acid groups (broad SMARTS) is 1. The highest BCUT2D eigenvalue weighted by molar-refractivity contribution is 5.76. The summed E-state index contributed by atoms with van der Waals surface area (Å²) in [7, 11) is 0. The van der Waals surface area contributed by atoms with Gasteiger partial charge in [-0.15, -0.1) is 0 Å². The molecule has 4 heteroatoms. The summed E-state index contributed by atoms with van der Waals surface area (Å²) < 4.78 is 5.25. The van der Waals surface area contributed by atoms with Crippen LogP contribution in [-0.4, -0.2) is 36.9 Å². The zero-order valence-corrected chi connectivity index (χ0v) is 9.63. The first kappa shape index (κ1) is 12.1. The highest BCUT2D eigenvalue weighted by Crippen LogP contribution is 2.15. The molecule has 0 saturated carbocycles. The van der Waals surface area contributed by atoms with Gasteiger partial charge >= 0.3 is 5.97 Å². The maximum Gasteiger partial charge on any atom is 0.312 e. The number of carboxylic acids is 1. The fraction of sp³-hybridized carbons (Fsp3) is 0.462. The van der Waals surface area contributed by atoms with Crippen LogP contribution in [0.25, 0.3) is 0 Å². The first-order valence-electron chi connectivity index (χ1n) is 5.86. The maximum absolute atomic E-state index is 11.2. The average molecular weight is 235 g/mol. The molecule has 92 valence electrons. The van der Waals surface area contributed by atoms with Gasteiger partial charge in [-0.1, -0.05) is 30.3 Å². The fourth-order valence-electron chi connectivity index (χ4n) is 2.01. The van der Waals surface area contributed by atoms with Crippen molar-refractivity contribution in [3.63, 3.8) is 0 Å². The Hall–Kier alpha value is -1.39. The molecule has 0 amide bonds. The molecule has 0 radical (unpaired) electrons. The summed E-state index contributed by atoms with van der Waals surface area (Å²) in [4.78, 5) is 11.2. The summed E-state index contributed by atoms with van der Waals surface area (Å²) in [6.07, 6.45) is 0.959. The third-order valence-electron chi connectivity index (χ3n) is 3.04. The molecular weight excluding hydrogens is 218 g/mol. The van der Waals surface area contributed by atoms with Gasteiger partial charge < -0.3 is 15.2 Å². The molecule has 0 spiro atoms. The van der Waals surface area contributed by atoms with E-state index in [2.05, 4.69) is 5.32 Å². The first-order chi connectivity index (χ1) is 8.27. The summed E-state index contributed by atoms with van der Waals surface area (Å²) in [6.45, 7) is 1.90. The molecule has 1 fully saturated rings. The van der Waals surface area contributed by atoms with Crippen LogP contribution in [0, 0.1) is 0 Å². The van der Waals surface area contributed by atoms with Crippen molar-refractivity contribution in [2.45, 2.75) is 18.4 Å². The minimum Gasteiger partial charge on any atom is -0.481 e. The second-order valence-corrected chi connectivity index (χ2v) is 4.27. The molecule has 1 aromatic carbocycles. The minimum absolute atomic E-state index is 0.292. The van der Waals surface area contributed by atoms with Crippen LogP contribution in [0.1, 0.15) is 17.9 Å². The number of rotatable bonds is 5. The quantitative estimate of drug-likeness (QED) is 0.806. The van der Waals surface area contributed by atoms with Crippen molar-refractivity contribution in [3.8, 4) is 0 Å². The lowest BCUT2D eigenvalue weighted by molar-refractivity contribution is -0.138. The topological polar surface area (TPSA) is 58.6 Å². The summed E-state index contributed by atoms with van der Waals surface area (Å²) >= 11 is 0. The van der Waals surface area contributed by atoms with Crippen LogP contribution in [0.5, 0.6) is 0 Å². The van der Waals surface area contributed by atoms with Crippen LogP contribution in [0.2, 0.25) is 0 Å². The van der Waals surface area contributed by atoms with E-state index in [1.54, 1.807) is 0 Å². The molecule has 2 atom stereocenters. The predicted octanol–water partition coefficient (Wildman–Crippen LogP) is 1.23. The zero-order chi connectivity index (χ0) is 12.1. The van der Waals surface area contributed by atoms with Gasteiger partial charge in [0, 0.05) is 19.2 Å². The molecule has 1 aromatic rings. The van der Waals surface area contributed by atoms with E-state index in [9.17, 15) is 9.90 Å². The molecule has 0 aromatic heterocycles. The van der Waals surface area contributed by atoms with Gasteiger partial charge in [0.1, 0.15) is 0 Å². The molecule has 2 unspecified atom stereocenters. The monoisotopic (exact) mass is 235 g/mol. The third-order valence-corrected chi connectivity index (χ3v) is 3.04. The van der Waals surface area contributed by atoms with Crippen LogP contribution in [0.4, 0.5) is 0 Å². The minimum atomic E-state index is -0.789. The third kappa shape index (κ3) is 3.28. The van der Waals surface area contributed by atoms with Crippen molar-refractivity contribution in [1.82, 2.24) is 5.32 Å². The van der Waals surface area contributed by atoms with Gasteiger partial charge in [-0.25, -0.2) is 0 Å². The molecular formula is C13H17NO3. The van der Waals surface area contributed by atoms with E-state index in [0.717, 1.165) is 18.6 Å². The Bertz CT molecular complexity index is 360. The number of carbonyl (C=O) groups is 1. The van der Waals surface area contributed by atoms with Gasteiger partial charge in [-0.05, 0) is 12.0 Å². The van der Waals surface area contributed by atoms with Crippen molar-refractivity contribution in [3.05, 3.63) is 35.9 Å².